The van der Waals surface area contributed by atoms with Crippen molar-refractivity contribution in [2.45, 2.75) is 6.04 Å². The first-order chi connectivity index (χ1) is 11.2. The van der Waals surface area contributed by atoms with Crippen LogP contribution in [-0.2, 0) is 0 Å². The minimum absolute atomic E-state index is 0. The zero-order valence-electron chi connectivity index (χ0n) is 13.1. The molecule has 2 aromatic rings. The van der Waals surface area contributed by atoms with E-state index in [4.69, 9.17) is 0 Å². The first kappa shape index (κ1) is 16.9. The minimum atomic E-state index is -0.427. The number of halogens is 2. The summed E-state index contributed by atoms with van der Waals surface area (Å²) in [4.78, 5) is 18.8. The lowest BCUT2D eigenvalue weighted by atomic mass is 9.89. The highest BCUT2D eigenvalue weighted by atomic mass is 35.5. The van der Waals surface area contributed by atoms with Gasteiger partial charge >= 0.3 is 0 Å². The smallest absolute Gasteiger partial charge is 0.272 e. The van der Waals surface area contributed by atoms with Gasteiger partial charge in [0, 0.05) is 25.6 Å². The molecule has 126 valence electrons. The number of hydrogen-bond acceptors (Lipinski definition) is 3. The second-order valence-electron chi connectivity index (χ2n) is 6.26. The molecule has 0 unspecified atom stereocenters. The van der Waals surface area contributed by atoms with Crippen LogP contribution in [0, 0.1) is 17.7 Å². The number of carbonyl (C=O) groups is 1. The molecule has 1 amide bonds. The molecule has 2 aliphatic heterocycles. The van der Waals surface area contributed by atoms with Crippen LogP contribution in [0.2, 0.25) is 0 Å². The summed E-state index contributed by atoms with van der Waals surface area (Å²) >= 11 is 0. The Morgan fingerprint density at radius 3 is 2.67 bits per heavy atom. The third-order valence-corrected chi connectivity index (χ3v) is 4.91. The van der Waals surface area contributed by atoms with Crippen LogP contribution >= 0.6 is 12.4 Å². The van der Waals surface area contributed by atoms with E-state index in [0.717, 1.165) is 31.4 Å². The summed E-state index contributed by atoms with van der Waals surface area (Å²) in [6, 6.07) is 12.9. The van der Waals surface area contributed by atoms with Crippen LogP contribution in [0.3, 0.4) is 0 Å². The van der Waals surface area contributed by atoms with Gasteiger partial charge in [0.05, 0.1) is 12.2 Å². The Labute approximate surface area is 146 Å². The Bertz CT molecular complexity index is 710. The van der Waals surface area contributed by atoms with Crippen LogP contribution in [0.25, 0.3) is 0 Å². The fraction of sp³-hybridized carbons (Fsp3) is 0.333. The molecule has 0 bridgehead atoms. The summed E-state index contributed by atoms with van der Waals surface area (Å²) in [7, 11) is 0. The van der Waals surface area contributed by atoms with Gasteiger partial charge < -0.3 is 10.2 Å². The van der Waals surface area contributed by atoms with E-state index in [0.29, 0.717) is 17.5 Å². The number of fused-ring (bicyclic) bond motifs is 1. The third kappa shape index (κ3) is 2.89. The maximum atomic E-state index is 13.1. The Balaban J connectivity index is 0.00000169. The first-order valence-electron chi connectivity index (χ1n) is 7.92. The number of benzene rings is 1. The lowest BCUT2D eigenvalue weighted by molar-refractivity contribution is 0.0708. The molecule has 3 heterocycles. The molecule has 3 atom stereocenters. The van der Waals surface area contributed by atoms with E-state index in [1.807, 2.05) is 23.1 Å². The van der Waals surface area contributed by atoms with Crippen molar-refractivity contribution < 1.29 is 9.18 Å². The number of carbonyl (C=O) groups excluding carboxylic acids is 1. The SMILES string of the molecule is Cl.O=C(c1ccc(F)cn1)N1C[C@@H]2CNC[C@@H]2[C@@H]1c1ccccc1. The van der Waals surface area contributed by atoms with Crippen LogP contribution in [-0.4, -0.2) is 35.4 Å². The van der Waals surface area contributed by atoms with E-state index < -0.39 is 5.82 Å². The summed E-state index contributed by atoms with van der Waals surface area (Å²) in [5, 5.41) is 3.43. The highest BCUT2D eigenvalue weighted by Gasteiger charge is 2.46. The van der Waals surface area contributed by atoms with Crippen LogP contribution < -0.4 is 5.32 Å². The van der Waals surface area contributed by atoms with Crippen molar-refractivity contribution in [1.29, 1.82) is 0 Å². The van der Waals surface area contributed by atoms with Gasteiger partial charge in [0.2, 0.25) is 0 Å². The number of nitrogens with one attached hydrogen (secondary N) is 1. The highest BCUT2D eigenvalue weighted by Crippen LogP contribution is 2.43. The summed E-state index contributed by atoms with van der Waals surface area (Å²) in [6.45, 7) is 2.58. The van der Waals surface area contributed by atoms with Gasteiger partial charge in [-0.1, -0.05) is 30.3 Å². The molecule has 4 nitrogen and oxygen atoms in total. The molecule has 1 N–H and O–H groups in total. The summed E-state index contributed by atoms with van der Waals surface area (Å²) in [5.74, 6) is 0.336. The number of rotatable bonds is 2. The first-order valence-corrected chi connectivity index (χ1v) is 7.92. The molecule has 0 aliphatic carbocycles. The molecule has 2 saturated heterocycles. The van der Waals surface area contributed by atoms with Crippen LogP contribution in [0.5, 0.6) is 0 Å². The molecule has 0 radical (unpaired) electrons. The van der Waals surface area contributed by atoms with E-state index >= 15 is 0 Å². The average molecular weight is 348 g/mol. The van der Waals surface area contributed by atoms with Gasteiger partial charge in [-0.2, -0.15) is 0 Å². The van der Waals surface area contributed by atoms with Gasteiger partial charge in [-0.3, -0.25) is 4.79 Å². The lowest BCUT2D eigenvalue weighted by Crippen LogP contribution is -2.35. The Kier molecular flexibility index (Phi) is 4.83. The van der Waals surface area contributed by atoms with Crippen molar-refractivity contribution in [3.63, 3.8) is 0 Å². The molecule has 2 fully saturated rings. The topological polar surface area (TPSA) is 45.2 Å². The normalized spacial score (nSPS) is 25.2. The number of likely N-dealkylation sites (tertiary alicyclic amines) is 1. The van der Waals surface area contributed by atoms with Crippen molar-refractivity contribution in [2.24, 2.45) is 11.8 Å². The monoisotopic (exact) mass is 347 g/mol. The molecule has 0 saturated carbocycles. The second-order valence-corrected chi connectivity index (χ2v) is 6.26. The van der Waals surface area contributed by atoms with Crippen molar-refractivity contribution in [3.8, 4) is 0 Å². The van der Waals surface area contributed by atoms with Gasteiger partial charge in [-0.15, -0.1) is 12.4 Å². The van der Waals surface area contributed by atoms with Crippen molar-refractivity contribution >= 4 is 18.3 Å². The Hall–Kier alpha value is -1.98. The van der Waals surface area contributed by atoms with Gasteiger partial charge in [-0.25, -0.2) is 9.37 Å². The zero-order valence-corrected chi connectivity index (χ0v) is 13.9. The molecule has 4 rings (SSSR count). The van der Waals surface area contributed by atoms with Crippen LogP contribution in [0.1, 0.15) is 22.1 Å². The molecule has 1 aromatic heterocycles. The fourth-order valence-electron chi connectivity index (χ4n) is 3.86. The third-order valence-electron chi connectivity index (χ3n) is 4.91. The predicted octanol–water partition coefficient (Wildman–Crippen LogP) is 2.68. The maximum Gasteiger partial charge on any atom is 0.272 e. The number of pyridine rings is 1. The summed E-state index contributed by atoms with van der Waals surface area (Å²) < 4.78 is 13.1. The van der Waals surface area contributed by atoms with E-state index in [1.165, 1.54) is 12.1 Å². The molecule has 1 aromatic carbocycles. The lowest BCUT2D eigenvalue weighted by Gasteiger charge is -2.28. The van der Waals surface area contributed by atoms with E-state index in [9.17, 15) is 9.18 Å². The molecule has 6 heteroatoms. The maximum absolute atomic E-state index is 13.1. The van der Waals surface area contributed by atoms with Gasteiger partial charge in [0.1, 0.15) is 11.5 Å². The van der Waals surface area contributed by atoms with Gasteiger partial charge in [0.15, 0.2) is 0 Å². The van der Waals surface area contributed by atoms with E-state index in [-0.39, 0.29) is 24.4 Å². The second kappa shape index (κ2) is 6.87. The van der Waals surface area contributed by atoms with E-state index in [2.05, 4.69) is 22.4 Å². The molecule has 0 spiro atoms. The molecular formula is C18H19ClFN3O. The number of nitrogens with zero attached hydrogens (tertiary/aromatic N) is 2. The molecule has 2 aliphatic rings. The summed E-state index contributed by atoms with van der Waals surface area (Å²) in [5.41, 5.74) is 1.46. The quantitative estimate of drug-likeness (QED) is 0.908. The number of hydrogen-bond donors (Lipinski definition) is 1. The van der Waals surface area contributed by atoms with Crippen molar-refractivity contribution in [1.82, 2.24) is 15.2 Å². The largest absolute Gasteiger partial charge is 0.330 e. The fourth-order valence-corrected chi connectivity index (χ4v) is 3.86. The minimum Gasteiger partial charge on any atom is -0.330 e. The van der Waals surface area contributed by atoms with Gasteiger partial charge in [-0.05, 0) is 23.6 Å². The van der Waals surface area contributed by atoms with Crippen molar-refractivity contribution in [3.05, 3.63) is 65.7 Å². The average Bonchev–Trinajstić information content (AvgIpc) is 3.16. The molecule has 24 heavy (non-hydrogen) atoms. The van der Waals surface area contributed by atoms with Gasteiger partial charge in [0.25, 0.3) is 5.91 Å². The number of aromatic nitrogens is 1. The standard InChI is InChI=1S/C18H18FN3O.ClH/c19-14-6-7-16(21-9-14)18(23)22-11-13-8-20-10-15(13)17(22)12-4-2-1-3-5-12;/h1-7,9,13,15,17,20H,8,10-11H2;1H/t13-,15-,17-;/m0./s1. The number of amides is 1. The van der Waals surface area contributed by atoms with Crippen LogP contribution in [0.4, 0.5) is 4.39 Å². The van der Waals surface area contributed by atoms with E-state index in [1.54, 1.807) is 0 Å². The molecular weight excluding hydrogens is 329 g/mol. The highest BCUT2D eigenvalue weighted by molar-refractivity contribution is 5.92. The Morgan fingerprint density at radius 1 is 1.17 bits per heavy atom. The predicted molar refractivity (Wildman–Crippen MR) is 91.5 cm³/mol. The van der Waals surface area contributed by atoms with Crippen molar-refractivity contribution in [2.75, 3.05) is 19.6 Å². The van der Waals surface area contributed by atoms with Crippen LogP contribution in [0.15, 0.2) is 48.7 Å². The Morgan fingerprint density at radius 2 is 1.96 bits per heavy atom. The zero-order chi connectivity index (χ0) is 15.8. The summed E-state index contributed by atoms with van der Waals surface area (Å²) in [6.07, 6.45) is 1.10.